The van der Waals surface area contributed by atoms with Crippen LogP contribution in [-0.2, 0) is 9.59 Å². The molecule has 0 aromatic heterocycles. The molecule has 1 fully saturated rings. The average Bonchev–Trinajstić information content (AvgIpc) is 2.47. The normalized spacial score (nSPS) is 19.0. The molecule has 5 nitrogen and oxygen atoms in total. The van der Waals surface area contributed by atoms with Gasteiger partial charge in [0, 0.05) is 6.54 Å². The third kappa shape index (κ3) is 6.93. The van der Waals surface area contributed by atoms with Crippen LogP contribution in [0.1, 0.15) is 58.8 Å². The van der Waals surface area contributed by atoms with Crippen LogP contribution in [0.5, 0.6) is 0 Å². The maximum atomic E-state index is 11.8. The highest BCUT2D eigenvalue weighted by atomic mass is 16.4. The third-order valence-electron chi connectivity index (χ3n) is 4.56. The molecule has 0 aromatic carbocycles. The molecule has 0 spiro atoms. The van der Waals surface area contributed by atoms with Crippen LogP contribution < -0.4 is 10.6 Å². The van der Waals surface area contributed by atoms with Gasteiger partial charge in [-0.3, -0.25) is 14.9 Å². The minimum absolute atomic E-state index is 0.0116. The fourth-order valence-corrected chi connectivity index (χ4v) is 2.92. The van der Waals surface area contributed by atoms with Crippen molar-refractivity contribution in [3.63, 3.8) is 0 Å². The number of hydrogen-bond acceptors (Lipinski definition) is 3. The zero-order valence-corrected chi connectivity index (χ0v) is 13.4. The maximum absolute atomic E-state index is 11.8. The Kier molecular flexibility index (Phi) is 8.35. The van der Waals surface area contributed by atoms with Crippen molar-refractivity contribution < 1.29 is 14.7 Å². The molecule has 122 valence electrons. The Bertz CT molecular complexity index is 327. The van der Waals surface area contributed by atoms with Crippen molar-refractivity contribution >= 4 is 11.9 Å². The van der Waals surface area contributed by atoms with Gasteiger partial charge in [-0.15, -0.1) is 0 Å². The zero-order chi connectivity index (χ0) is 15.7. The van der Waals surface area contributed by atoms with Gasteiger partial charge in [-0.05, 0) is 18.3 Å². The summed E-state index contributed by atoms with van der Waals surface area (Å²) in [5, 5.41) is 14.9. The number of amides is 1. The number of carboxylic acids is 1. The van der Waals surface area contributed by atoms with E-state index >= 15 is 0 Å². The van der Waals surface area contributed by atoms with Crippen LogP contribution in [0.2, 0.25) is 0 Å². The minimum Gasteiger partial charge on any atom is -0.480 e. The second kappa shape index (κ2) is 9.77. The lowest BCUT2D eigenvalue weighted by molar-refractivity contribution is -0.140. The van der Waals surface area contributed by atoms with Gasteiger partial charge in [-0.25, -0.2) is 0 Å². The summed E-state index contributed by atoms with van der Waals surface area (Å²) < 4.78 is 0. The molecule has 1 rings (SSSR count). The summed E-state index contributed by atoms with van der Waals surface area (Å²) in [6.45, 7) is 4.61. The van der Waals surface area contributed by atoms with E-state index in [4.69, 9.17) is 5.11 Å². The number of rotatable bonds is 9. The molecule has 1 aliphatic rings. The van der Waals surface area contributed by atoms with Crippen LogP contribution in [0.25, 0.3) is 0 Å². The van der Waals surface area contributed by atoms with Crippen LogP contribution in [0.4, 0.5) is 0 Å². The molecule has 0 heterocycles. The quantitative estimate of drug-likeness (QED) is 0.609. The first-order chi connectivity index (χ1) is 10.0. The Morgan fingerprint density at radius 3 is 2.48 bits per heavy atom. The maximum Gasteiger partial charge on any atom is 0.320 e. The lowest BCUT2D eigenvalue weighted by Gasteiger charge is -2.22. The third-order valence-corrected chi connectivity index (χ3v) is 4.56. The molecule has 0 bridgehead atoms. The van der Waals surface area contributed by atoms with E-state index in [1.54, 1.807) is 0 Å². The molecule has 5 heteroatoms. The summed E-state index contributed by atoms with van der Waals surface area (Å²) in [4.78, 5) is 22.9. The topological polar surface area (TPSA) is 78.4 Å². The van der Waals surface area contributed by atoms with Crippen molar-refractivity contribution in [1.82, 2.24) is 10.6 Å². The molecule has 0 aromatic rings. The van der Waals surface area contributed by atoms with Crippen LogP contribution in [0.15, 0.2) is 0 Å². The summed E-state index contributed by atoms with van der Waals surface area (Å²) in [6, 6.07) is -0.654. The summed E-state index contributed by atoms with van der Waals surface area (Å²) in [5.74, 6) is -0.240. The zero-order valence-electron chi connectivity index (χ0n) is 13.4. The SMILES string of the molecule is CC[C@H](C)[C@H](NCC(=O)NCCC1CCCCC1)C(=O)O. The number of hydrogen-bond donors (Lipinski definition) is 3. The smallest absolute Gasteiger partial charge is 0.320 e. The Morgan fingerprint density at radius 2 is 1.90 bits per heavy atom. The van der Waals surface area contributed by atoms with Gasteiger partial charge >= 0.3 is 5.97 Å². The summed E-state index contributed by atoms with van der Waals surface area (Å²) in [7, 11) is 0. The Hall–Kier alpha value is -1.10. The first-order valence-corrected chi connectivity index (χ1v) is 8.27. The van der Waals surface area contributed by atoms with E-state index in [2.05, 4.69) is 10.6 Å². The van der Waals surface area contributed by atoms with Crippen molar-refractivity contribution in [2.75, 3.05) is 13.1 Å². The summed E-state index contributed by atoms with van der Waals surface area (Å²) in [5.41, 5.74) is 0. The van der Waals surface area contributed by atoms with Crippen molar-refractivity contribution in [3.8, 4) is 0 Å². The van der Waals surface area contributed by atoms with Gasteiger partial charge in [-0.1, -0.05) is 52.4 Å². The lowest BCUT2D eigenvalue weighted by Crippen LogP contribution is -2.46. The van der Waals surface area contributed by atoms with Crippen molar-refractivity contribution in [2.24, 2.45) is 11.8 Å². The van der Waals surface area contributed by atoms with E-state index < -0.39 is 12.0 Å². The number of carbonyl (C=O) groups is 2. The lowest BCUT2D eigenvalue weighted by atomic mass is 9.87. The van der Waals surface area contributed by atoms with Crippen LogP contribution >= 0.6 is 0 Å². The second-order valence-electron chi connectivity index (χ2n) is 6.23. The van der Waals surface area contributed by atoms with E-state index in [-0.39, 0.29) is 18.4 Å². The highest BCUT2D eigenvalue weighted by molar-refractivity contribution is 5.79. The van der Waals surface area contributed by atoms with Gasteiger partial charge in [0.2, 0.25) is 5.91 Å². The molecular weight excluding hydrogens is 268 g/mol. The van der Waals surface area contributed by atoms with E-state index in [1.165, 1.54) is 32.1 Å². The van der Waals surface area contributed by atoms with Crippen molar-refractivity contribution in [3.05, 3.63) is 0 Å². The van der Waals surface area contributed by atoms with Crippen molar-refractivity contribution in [1.29, 1.82) is 0 Å². The fraction of sp³-hybridized carbons (Fsp3) is 0.875. The molecule has 21 heavy (non-hydrogen) atoms. The monoisotopic (exact) mass is 298 g/mol. The molecule has 1 amide bonds. The molecule has 0 aliphatic heterocycles. The van der Waals surface area contributed by atoms with E-state index in [9.17, 15) is 9.59 Å². The van der Waals surface area contributed by atoms with Crippen LogP contribution in [-0.4, -0.2) is 36.1 Å². The second-order valence-corrected chi connectivity index (χ2v) is 6.23. The van der Waals surface area contributed by atoms with Crippen molar-refractivity contribution in [2.45, 2.75) is 64.8 Å². The molecule has 0 radical (unpaired) electrons. The van der Waals surface area contributed by atoms with Gasteiger partial charge in [0.15, 0.2) is 0 Å². The largest absolute Gasteiger partial charge is 0.480 e. The minimum atomic E-state index is -0.889. The first kappa shape index (κ1) is 18.0. The van der Waals surface area contributed by atoms with Gasteiger partial charge < -0.3 is 10.4 Å². The Labute approximate surface area is 127 Å². The predicted molar refractivity (Wildman–Crippen MR) is 83.1 cm³/mol. The molecule has 2 atom stereocenters. The Morgan fingerprint density at radius 1 is 1.24 bits per heavy atom. The van der Waals surface area contributed by atoms with Gasteiger partial charge in [-0.2, -0.15) is 0 Å². The average molecular weight is 298 g/mol. The van der Waals surface area contributed by atoms with Gasteiger partial charge in [0.25, 0.3) is 0 Å². The van der Waals surface area contributed by atoms with Crippen LogP contribution in [0.3, 0.4) is 0 Å². The first-order valence-electron chi connectivity index (χ1n) is 8.27. The molecule has 1 aliphatic carbocycles. The van der Waals surface area contributed by atoms with Gasteiger partial charge in [0.05, 0.1) is 6.54 Å². The van der Waals surface area contributed by atoms with E-state index in [0.29, 0.717) is 6.54 Å². The number of aliphatic carboxylic acids is 1. The number of carboxylic acid groups (broad SMARTS) is 1. The van der Waals surface area contributed by atoms with Crippen LogP contribution in [0, 0.1) is 11.8 Å². The fourth-order valence-electron chi connectivity index (χ4n) is 2.92. The highest BCUT2D eigenvalue weighted by Crippen LogP contribution is 2.25. The van der Waals surface area contributed by atoms with E-state index in [1.807, 2.05) is 13.8 Å². The Balaban J connectivity index is 2.18. The number of carbonyl (C=O) groups excluding carboxylic acids is 1. The molecular formula is C16H30N2O3. The van der Waals surface area contributed by atoms with E-state index in [0.717, 1.165) is 18.8 Å². The predicted octanol–water partition coefficient (Wildman–Crippen LogP) is 2.16. The number of nitrogens with one attached hydrogen (secondary N) is 2. The molecule has 1 saturated carbocycles. The summed E-state index contributed by atoms with van der Waals surface area (Å²) in [6.07, 6.45) is 8.35. The highest BCUT2D eigenvalue weighted by Gasteiger charge is 2.23. The molecule has 0 saturated heterocycles. The summed E-state index contributed by atoms with van der Waals surface area (Å²) >= 11 is 0. The van der Waals surface area contributed by atoms with Gasteiger partial charge in [0.1, 0.15) is 6.04 Å². The molecule has 0 unspecified atom stereocenters. The molecule has 3 N–H and O–H groups in total. The standard InChI is InChI=1S/C16H30N2O3/c1-3-12(2)15(16(20)21)18-11-14(19)17-10-9-13-7-5-4-6-8-13/h12-13,15,18H,3-11H2,1-2H3,(H,17,19)(H,20,21)/t12-,15-/m0/s1.